The lowest BCUT2D eigenvalue weighted by Gasteiger charge is -2.05. The zero-order valence-electron chi connectivity index (χ0n) is 9.31. The highest BCUT2D eigenvalue weighted by Gasteiger charge is 2.30. The van der Waals surface area contributed by atoms with Gasteiger partial charge in [-0.25, -0.2) is 9.07 Å². The van der Waals surface area contributed by atoms with E-state index in [0.29, 0.717) is 18.3 Å². The highest BCUT2D eigenvalue weighted by Crippen LogP contribution is 2.42. The summed E-state index contributed by atoms with van der Waals surface area (Å²) in [6.45, 7) is 0.522. The molecule has 0 atom stereocenters. The van der Waals surface area contributed by atoms with Crippen LogP contribution in [-0.2, 0) is 6.54 Å². The molecule has 1 fully saturated rings. The Morgan fingerprint density at radius 3 is 2.94 bits per heavy atom. The maximum atomic E-state index is 13.1. The molecule has 1 aliphatic rings. The van der Waals surface area contributed by atoms with E-state index in [2.05, 4.69) is 10.3 Å². The quantitative estimate of drug-likeness (QED) is 0.879. The van der Waals surface area contributed by atoms with Crippen molar-refractivity contribution in [1.29, 1.82) is 0 Å². The highest BCUT2D eigenvalue weighted by molar-refractivity contribution is 5.38. The lowest BCUT2D eigenvalue weighted by Crippen LogP contribution is -2.06. The number of nitrogen functional groups attached to an aromatic ring is 1. The van der Waals surface area contributed by atoms with Crippen LogP contribution in [0.25, 0.3) is 0 Å². The van der Waals surface area contributed by atoms with Crippen molar-refractivity contribution < 1.29 is 4.39 Å². The standard InChI is InChI=1S/C12H13FN4/c13-10-3-1-2-8(6-10)7-17-11(9-4-5-9)12(14)15-16-17/h1-3,6,9H,4-5,7,14H2. The summed E-state index contributed by atoms with van der Waals surface area (Å²) in [7, 11) is 0. The average Bonchev–Trinajstić information content (AvgIpc) is 3.05. The first-order valence-corrected chi connectivity index (χ1v) is 5.67. The van der Waals surface area contributed by atoms with Crippen molar-refractivity contribution in [2.24, 2.45) is 0 Å². The third-order valence-electron chi connectivity index (χ3n) is 2.99. The van der Waals surface area contributed by atoms with E-state index >= 15 is 0 Å². The Kier molecular flexibility index (Phi) is 2.31. The highest BCUT2D eigenvalue weighted by atomic mass is 19.1. The smallest absolute Gasteiger partial charge is 0.169 e. The van der Waals surface area contributed by atoms with Gasteiger partial charge in [0.25, 0.3) is 0 Å². The van der Waals surface area contributed by atoms with Gasteiger partial charge in [0, 0.05) is 5.92 Å². The number of anilines is 1. The number of benzene rings is 1. The molecule has 0 saturated heterocycles. The van der Waals surface area contributed by atoms with Gasteiger partial charge in [-0.15, -0.1) is 5.10 Å². The van der Waals surface area contributed by atoms with Gasteiger partial charge in [0.15, 0.2) is 5.82 Å². The van der Waals surface area contributed by atoms with Crippen LogP contribution in [0.2, 0.25) is 0 Å². The van der Waals surface area contributed by atoms with E-state index in [1.54, 1.807) is 10.7 Å². The number of nitrogens with zero attached hydrogens (tertiary/aromatic N) is 3. The second-order valence-electron chi connectivity index (χ2n) is 4.42. The van der Waals surface area contributed by atoms with Crippen molar-refractivity contribution >= 4 is 5.82 Å². The average molecular weight is 232 g/mol. The van der Waals surface area contributed by atoms with Crippen LogP contribution in [0.15, 0.2) is 24.3 Å². The van der Waals surface area contributed by atoms with Gasteiger partial charge >= 0.3 is 0 Å². The molecule has 0 radical (unpaired) electrons. The van der Waals surface area contributed by atoms with E-state index in [1.807, 2.05) is 6.07 Å². The second-order valence-corrected chi connectivity index (χ2v) is 4.42. The van der Waals surface area contributed by atoms with Crippen LogP contribution in [0.1, 0.15) is 30.0 Å². The van der Waals surface area contributed by atoms with E-state index < -0.39 is 0 Å². The zero-order valence-corrected chi connectivity index (χ0v) is 9.31. The van der Waals surface area contributed by atoms with Crippen molar-refractivity contribution in [1.82, 2.24) is 15.0 Å². The molecular weight excluding hydrogens is 219 g/mol. The van der Waals surface area contributed by atoms with Gasteiger partial charge in [0.05, 0.1) is 12.2 Å². The van der Waals surface area contributed by atoms with Crippen molar-refractivity contribution in [3.63, 3.8) is 0 Å². The SMILES string of the molecule is Nc1nnn(Cc2cccc(F)c2)c1C1CC1. The molecule has 1 saturated carbocycles. The van der Waals surface area contributed by atoms with Crippen LogP contribution in [0.4, 0.5) is 10.2 Å². The van der Waals surface area contributed by atoms with Crippen LogP contribution < -0.4 is 5.73 Å². The molecule has 1 heterocycles. The van der Waals surface area contributed by atoms with Gasteiger partial charge < -0.3 is 5.73 Å². The van der Waals surface area contributed by atoms with Gasteiger partial charge in [0.1, 0.15) is 5.82 Å². The molecular formula is C12H13FN4. The molecule has 0 spiro atoms. The molecule has 1 aliphatic carbocycles. The van der Waals surface area contributed by atoms with Crippen LogP contribution in [0.3, 0.4) is 0 Å². The summed E-state index contributed by atoms with van der Waals surface area (Å²) in [5.74, 6) is 0.756. The van der Waals surface area contributed by atoms with E-state index in [0.717, 1.165) is 24.1 Å². The molecule has 0 bridgehead atoms. The fourth-order valence-corrected chi connectivity index (χ4v) is 2.04. The maximum absolute atomic E-state index is 13.1. The lowest BCUT2D eigenvalue weighted by molar-refractivity contribution is 0.602. The van der Waals surface area contributed by atoms with Gasteiger partial charge in [-0.2, -0.15) is 0 Å². The number of rotatable bonds is 3. The van der Waals surface area contributed by atoms with Crippen LogP contribution in [-0.4, -0.2) is 15.0 Å². The minimum Gasteiger partial charge on any atom is -0.381 e. The first-order chi connectivity index (χ1) is 8.24. The fraction of sp³-hybridized carbons (Fsp3) is 0.333. The summed E-state index contributed by atoms with van der Waals surface area (Å²) in [6, 6.07) is 6.51. The summed E-state index contributed by atoms with van der Waals surface area (Å²) >= 11 is 0. The summed E-state index contributed by atoms with van der Waals surface area (Å²) < 4.78 is 14.9. The van der Waals surface area contributed by atoms with E-state index in [1.165, 1.54) is 12.1 Å². The van der Waals surface area contributed by atoms with Crippen molar-refractivity contribution in [2.75, 3.05) is 5.73 Å². The van der Waals surface area contributed by atoms with Gasteiger partial charge in [-0.3, -0.25) is 0 Å². The number of hydrogen-bond acceptors (Lipinski definition) is 3. The van der Waals surface area contributed by atoms with Crippen LogP contribution in [0.5, 0.6) is 0 Å². The molecule has 4 nitrogen and oxygen atoms in total. The number of hydrogen-bond donors (Lipinski definition) is 1. The Morgan fingerprint density at radius 2 is 2.24 bits per heavy atom. The predicted molar refractivity (Wildman–Crippen MR) is 61.9 cm³/mol. The monoisotopic (exact) mass is 232 g/mol. The Bertz CT molecular complexity index is 545. The molecule has 1 aromatic heterocycles. The molecule has 0 amide bonds. The minimum atomic E-state index is -0.233. The second kappa shape index (κ2) is 3.84. The fourth-order valence-electron chi connectivity index (χ4n) is 2.04. The summed E-state index contributed by atoms with van der Waals surface area (Å²) in [4.78, 5) is 0. The molecule has 3 rings (SSSR count). The first kappa shape index (κ1) is 10.3. The topological polar surface area (TPSA) is 56.7 Å². The summed E-state index contributed by atoms with van der Waals surface area (Å²) in [5, 5.41) is 7.91. The number of aromatic nitrogens is 3. The third kappa shape index (κ3) is 2.00. The van der Waals surface area contributed by atoms with Crippen LogP contribution in [0, 0.1) is 5.82 Å². The maximum Gasteiger partial charge on any atom is 0.169 e. The molecule has 2 aromatic rings. The Morgan fingerprint density at radius 1 is 1.41 bits per heavy atom. The predicted octanol–water partition coefficient (Wildman–Crippen LogP) is 1.93. The number of halogens is 1. The first-order valence-electron chi connectivity index (χ1n) is 5.67. The Balaban J connectivity index is 1.90. The number of nitrogens with two attached hydrogens (primary N) is 1. The summed E-state index contributed by atoms with van der Waals surface area (Å²) in [6.07, 6.45) is 2.28. The molecule has 0 aliphatic heterocycles. The van der Waals surface area contributed by atoms with Crippen molar-refractivity contribution in [2.45, 2.75) is 25.3 Å². The Hall–Kier alpha value is -1.91. The van der Waals surface area contributed by atoms with E-state index in [4.69, 9.17) is 5.73 Å². The zero-order chi connectivity index (χ0) is 11.8. The largest absolute Gasteiger partial charge is 0.381 e. The van der Waals surface area contributed by atoms with Gasteiger partial charge in [-0.05, 0) is 30.5 Å². The van der Waals surface area contributed by atoms with Gasteiger partial charge in [-0.1, -0.05) is 17.3 Å². The van der Waals surface area contributed by atoms with Gasteiger partial charge in [0.2, 0.25) is 0 Å². The summed E-state index contributed by atoms with van der Waals surface area (Å²) in [5.41, 5.74) is 7.66. The molecule has 17 heavy (non-hydrogen) atoms. The lowest BCUT2D eigenvalue weighted by atomic mass is 10.2. The van der Waals surface area contributed by atoms with E-state index in [9.17, 15) is 4.39 Å². The van der Waals surface area contributed by atoms with Crippen molar-refractivity contribution in [3.05, 3.63) is 41.3 Å². The normalized spacial score (nSPS) is 15.1. The third-order valence-corrected chi connectivity index (χ3v) is 2.99. The molecule has 1 aromatic carbocycles. The van der Waals surface area contributed by atoms with Crippen LogP contribution >= 0.6 is 0 Å². The molecule has 2 N–H and O–H groups in total. The van der Waals surface area contributed by atoms with Crippen molar-refractivity contribution in [3.8, 4) is 0 Å². The Labute approximate surface area is 98.2 Å². The molecule has 0 unspecified atom stereocenters. The van der Waals surface area contributed by atoms with E-state index in [-0.39, 0.29) is 5.82 Å². The minimum absolute atomic E-state index is 0.233. The molecule has 88 valence electrons. The molecule has 5 heteroatoms.